The largest absolute Gasteiger partial charge is 0.478 e. The number of nitrogens with one attached hydrogen (secondary N) is 1. The van der Waals surface area contributed by atoms with Crippen molar-refractivity contribution in [2.75, 3.05) is 32.6 Å². The molecule has 6 rings (SSSR count). The first kappa shape index (κ1) is 25.8. The smallest absolute Gasteiger partial charge is 0.296 e. The molecule has 15 heteroatoms. The number of nitrogens with zero attached hydrogens (tertiary/aromatic N) is 8. The van der Waals surface area contributed by atoms with Gasteiger partial charge in [0.15, 0.2) is 17.6 Å². The zero-order valence-electron chi connectivity index (χ0n) is 21.3. The van der Waals surface area contributed by atoms with Gasteiger partial charge in [0, 0.05) is 18.7 Å². The molecule has 0 spiro atoms. The number of anilines is 2. The highest BCUT2D eigenvalue weighted by molar-refractivity contribution is 6.32. The number of hydrogen-bond acceptors (Lipinski definition) is 11. The molecule has 1 fully saturated rings. The maximum Gasteiger partial charge on any atom is 0.296 e. The van der Waals surface area contributed by atoms with Crippen molar-refractivity contribution in [1.82, 2.24) is 39.4 Å². The Labute approximate surface area is 230 Å². The number of ether oxygens (including phenoxy) is 3. The van der Waals surface area contributed by atoms with Crippen molar-refractivity contribution >= 4 is 39.8 Å². The number of fused-ring (bicyclic) bond motifs is 2. The van der Waals surface area contributed by atoms with E-state index in [1.807, 2.05) is 0 Å². The molecule has 0 saturated carbocycles. The number of methoxy groups -OCH3 is 1. The highest BCUT2D eigenvalue weighted by Gasteiger charge is 2.46. The standard InChI is InChI=1S/C25H22ClF2N9O3/c1-36-6-5-19(25(27,28)11-36)40-21-20-17(9-29-23(21)38-2)31-12-32-22(20)34-14-3-4-18(16(26)7-14)39-15-8-30-24-35-33-13-37(24)10-15/h3-4,7-10,12-13,19H,5-6,11H2,1-2H3,(H,31,32,34)/t19-/m0/s1. The lowest BCUT2D eigenvalue weighted by Crippen LogP contribution is -2.52. The topological polar surface area (TPSA) is 125 Å². The van der Waals surface area contributed by atoms with Crippen molar-refractivity contribution in [2.45, 2.75) is 18.4 Å². The first-order chi connectivity index (χ1) is 19.3. The summed E-state index contributed by atoms with van der Waals surface area (Å²) in [7, 11) is 3.04. The Balaban J connectivity index is 1.31. The van der Waals surface area contributed by atoms with Crippen LogP contribution in [0.2, 0.25) is 5.02 Å². The predicted octanol–water partition coefficient (Wildman–Crippen LogP) is 4.38. The van der Waals surface area contributed by atoms with E-state index < -0.39 is 18.6 Å². The second-order valence-corrected chi connectivity index (χ2v) is 9.58. The first-order valence-electron chi connectivity index (χ1n) is 12.1. The number of rotatable bonds is 7. The molecule has 0 unspecified atom stereocenters. The molecule has 1 aliphatic heterocycles. The van der Waals surface area contributed by atoms with E-state index in [9.17, 15) is 8.78 Å². The summed E-state index contributed by atoms with van der Waals surface area (Å²) in [6, 6.07) is 5.03. The monoisotopic (exact) mass is 569 g/mol. The van der Waals surface area contributed by atoms with Gasteiger partial charge in [-0.25, -0.2) is 28.7 Å². The van der Waals surface area contributed by atoms with E-state index in [1.165, 1.54) is 32.2 Å². The lowest BCUT2D eigenvalue weighted by atomic mass is 10.0. The third kappa shape index (κ3) is 4.98. The molecule has 206 valence electrons. The highest BCUT2D eigenvalue weighted by Crippen LogP contribution is 2.41. The Hall–Kier alpha value is -4.43. The average Bonchev–Trinajstić information content (AvgIpc) is 3.39. The number of aromatic nitrogens is 7. The fourth-order valence-electron chi connectivity index (χ4n) is 4.42. The molecule has 1 saturated heterocycles. The van der Waals surface area contributed by atoms with Crippen LogP contribution in [0.15, 0.2) is 49.4 Å². The van der Waals surface area contributed by atoms with Gasteiger partial charge in [-0.15, -0.1) is 10.2 Å². The molecule has 40 heavy (non-hydrogen) atoms. The Kier molecular flexibility index (Phi) is 6.64. The van der Waals surface area contributed by atoms with E-state index in [2.05, 4.69) is 35.5 Å². The normalized spacial score (nSPS) is 17.2. The van der Waals surface area contributed by atoms with Crippen LogP contribution in [0.4, 0.5) is 20.3 Å². The molecule has 0 amide bonds. The molecule has 1 N–H and O–H groups in total. The molecule has 4 aromatic heterocycles. The molecule has 12 nitrogen and oxygen atoms in total. The van der Waals surface area contributed by atoms with Crippen molar-refractivity contribution < 1.29 is 23.0 Å². The summed E-state index contributed by atoms with van der Waals surface area (Å²) in [4.78, 5) is 18.5. The summed E-state index contributed by atoms with van der Waals surface area (Å²) in [5, 5.41) is 11.5. The van der Waals surface area contributed by atoms with Crippen LogP contribution < -0.4 is 19.5 Å². The predicted molar refractivity (Wildman–Crippen MR) is 141 cm³/mol. The number of benzene rings is 1. The molecular weight excluding hydrogens is 548 g/mol. The van der Waals surface area contributed by atoms with Crippen LogP contribution in [0.25, 0.3) is 16.7 Å². The molecule has 1 atom stereocenters. The van der Waals surface area contributed by atoms with Crippen LogP contribution in [0.3, 0.4) is 0 Å². The number of pyridine rings is 1. The second-order valence-electron chi connectivity index (χ2n) is 9.17. The Morgan fingerprint density at radius 2 is 2.02 bits per heavy atom. The van der Waals surface area contributed by atoms with Crippen LogP contribution in [-0.4, -0.2) is 78.7 Å². The van der Waals surface area contributed by atoms with Crippen LogP contribution in [-0.2, 0) is 0 Å². The van der Waals surface area contributed by atoms with Gasteiger partial charge in [-0.3, -0.25) is 4.40 Å². The molecule has 0 aliphatic carbocycles. The second kappa shape index (κ2) is 10.3. The summed E-state index contributed by atoms with van der Waals surface area (Å²) < 4.78 is 48.5. The SMILES string of the molecule is COc1ncc2ncnc(Nc3ccc(Oc4cnc5nncn5c4)c(Cl)c3)c2c1O[C@H]1CCN(C)CC1(F)F. The summed E-state index contributed by atoms with van der Waals surface area (Å²) >= 11 is 6.52. The van der Waals surface area contributed by atoms with Crippen LogP contribution >= 0.6 is 11.6 Å². The van der Waals surface area contributed by atoms with E-state index in [-0.39, 0.29) is 18.1 Å². The van der Waals surface area contributed by atoms with Gasteiger partial charge in [-0.1, -0.05) is 11.6 Å². The number of piperidine rings is 1. The Bertz CT molecular complexity index is 1700. The lowest BCUT2D eigenvalue weighted by molar-refractivity contribution is -0.135. The molecular formula is C25H22ClF2N9O3. The van der Waals surface area contributed by atoms with Gasteiger partial charge < -0.3 is 24.4 Å². The quantitative estimate of drug-likeness (QED) is 0.300. The van der Waals surface area contributed by atoms with Crippen molar-refractivity contribution in [2.24, 2.45) is 0 Å². The Morgan fingerprint density at radius 1 is 1.15 bits per heavy atom. The third-order valence-electron chi connectivity index (χ3n) is 6.33. The van der Waals surface area contributed by atoms with Gasteiger partial charge in [0.05, 0.1) is 48.2 Å². The van der Waals surface area contributed by atoms with Crippen LogP contribution in [0.1, 0.15) is 6.42 Å². The van der Waals surface area contributed by atoms with Crippen molar-refractivity contribution in [3.05, 3.63) is 54.5 Å². The lowest BCUT2D eigenvalue weighted by Gasteiger charge is -2.36. The zero-order valence-corrected chi connectivity index (χ0v) is 22.0. The molecule has 5 aromatic rings. The fourth-order valence-corrected chi connectivity index (χ4v) is 4.64. The van der Waals surface area contributed by atoms with E-state index in [0.717, 1.165) is 0 Å². The van der Waals surface area contributed by atoms with E-state index in [4.69, 9.17) is 25.8 Å². The van der Waals surface area contributed by atoms with Gasteiger partial charge in [-0.2, -0.15) is 0 Å². The molecule has 1 aliphatic rings. The van der Waals surface area contributed by atoms with Crippen molar-refractivity contribution in [3.8, 4) is 23.1 Å². The van der Waals surface area contributed by atoms with Gasteiger partial charge in [0.2, 0.25) is 0 Å². The summed E-state index contributed by atoms with van der Waals surface area (Å²) in [6.07, 6.45) is 6.23. The zero-order chi connectivity index (χ0) is 27.9. The fraction of sp³-hybridized carbons (Fsp3) is 0.280. The average molecular weight is 570 g/mol. The molecule has 0 bridgehead atoms. The molecule has 5 heterocycles. The molecule has 0 radical (unpaired) electrons. The van der Waals surface area contributed by atoms with Gasteiger partial charge >= 0.3 is 0 Å². The number of halogens is 3. The van der Waals surface area contributed by atoms with Crippen LogP contribution in [0.5, 0.6) is 23.1 Å². The van der Waals surface area contributed by atoms with E-state index >= 15 is 0 Å². The number of hydrogen-bond donors (Lipinski definition) is 1. The Morgan fingerprint density at radius 3 is 2.83 bits per heavy atom. The maximum atomic E-state index is 14.9. The van der Waals surface area contributed by atoms with Gasteiger partial charge in [0.25, 0.3) is 17.6 Å². The summed E-state index contributed by atoms with van der Waals surface area (Å²) in [5.74, 6) is -1.46. The minimum Gasteiger partial charge on any atom is -0.478 e. The number of alkyl halides is 2. The van der Waals surface area contributed by atoms with E-state index in [0.29, 0.717) is 51.3 Å². The minimum atomic E-state index is -3.08. The van der Waals surface area contributed by atoms with E-state index in [1.54, 1.807) is 40.7 Å². The summed E-state index contributed by atoms with van der Waals surface area (Å²) in [6.45, 7) is 0.0360. The number of likely N-dealkylation sites (tertiary alicyclic amines) is 1. The van der Waals surface area contributed by atoms with Crippen molar-refractivity contribution in [1.29, 1.82) is 0 Å². The highest BCUT2D eigenvalue weighted by atomic mass is 35.5. The van der Waals surface area contributed by atoms with Gasteiger partial charge in [0.1, 0.15) is 24.2 Å². The van der Waals surface area contributed by atoms with Gasteiger partial charge in [-0.05, 0) is 25.2 Å². The van der Waals surface area contributed by atoms with Crippen molar-refractivity contribution in [3.63, 3.8) is 0 Å². The van der Waals surface area contributed by atoms with Crippen LogP contribution in [0, 0.1) is 0 Å². The minimum absolute atomic E-state index is 0.0280. The molecule has 1 aromatic carbocycles. The maximum absolute atomic E-state index is 14.9. The third-order valence-corrected chi connectivity index (χ3v) is 6.63. The first-order valence-corrected chi connectivity index (χ1v) is 12.5. The summed E-state index contributed by atoms with van der Waals surface area (Å²) in [5.41, 5.74) is 0.934.